The van der Waals surface area contributed by atoms with Gasteiger partial charge in [0.15, 0.2) is 11.5 Å². The third-order valence-corrected chi connectivity index (χ3v) is 5.33. The van der Waals surface area contributed by atoms with Crippen LogP contribution in [0.5, 0.6) is 11.5 Å². The lowest BCUT2D eigenvalue weighted by molar-refractivity contribution is 0.0697. The number of hydrogen-bond acceptors (Lipinski definition) is 7. The number of nitrogens with zero attached hydrogens (tertiary/aromatic N) is 2. The molecule has 1 aromatic heterocycles. The number of aromatic nitrogens is 2. The molecular weight excluding hydrogens is 468 g/mol. The van der Waals surface area contributed by atoms with Crippen molar-refractivity contribution in [3.05, 3.63) is 82.5 Å². The van der Waals surface area contributed by atoms with Gasteiger partial charge in [-0.2, -0.15) is 4.98 Å². The Labute approximate surface area is 208 Å². The molecule has 0 aliphatic carbocycles. The Morgan fingerprint density at radius 1 is 1.06 bits per heavy atom. The second kappa shape index (κ2) is 10.6. The smallest absolute Gasteiger partial charge is 0.336 e. The molecule has 0 atom stereocenters. The van der Waals surface area contributed by atoms with Crippen LogP contribution in [0.3, 0.4) is 0 Å². The maximum absolute atomic E-state index is 11.9. The van der Waals surface area contributed by atoms with Gasteiger partial charge in [-0.3, -0.25) is 0 Å². The predicted octanol–water partition coefficient (Wildman–Crippen LogP) is 3.92. The number of nitrogen functional groups attached to an aromatic ring is 2. The first-order valence-electron chi connectivity index (χ1n) is 10.3. The van der Waals surface area contributed by atoms with Gasteiger partial charge in [0.25, 0.3) is 0 Å². The van der Waals surface area contributed by atoms with Crippen molar-refractivity contribution in [3.8, 4) is 23.3 Å². The highest BCUT2D eigenvalue weighted by Gasteiger charge is 2.15. The van der Waals surface area contributed by atoms with Gasteiger partial charge >= 0.3 is 5.97 Å². The summed E-state index contributed by atoms with van der Waals surface area (Å²) >= 11 is 0. The standard InChI is InChI=1S/C26H22N4O4.ClH/c1-33-22-13-15(12-18-14-29-26(28)30-24(18)27)11-17(23(22)34-2)8-9-20-19-6-4-3-5-16(19)7-10-21(20)25(31)32;/h3-7,10-11,13-14H,12H2,1-2H3,(H,31,32)(H4,27,28,29,30);1H. The number of benzene rings is 3. The Morgan fingerprint density at radius 3 is 2.51 bits per heavy atom. The quantitative estimate of drug-likeness (QED) is 0.358. The SMILES string of the molecule is COc1cc(Cc2cnc(N)nc2N)cc(C#Cc2c(C(=O)O)ccc3ccccc23)c1OC.Cl. The van der Waals surface area contributed by atoms with Crippen molar-refractivity contribution in [3.63, 3.8) is 0 Å². The highest BCUT2D eigenvalue weighted by Crippen LogP contribution is 2.33. The number of carboxylic acids is 1. The Hall–Kier alpha value is -4.48. The van der Waals surface area contributed by atoms with Crippen LogP contribution >= 0.6 is 12.4 Å². The lowest BCUT2D eigenvalue weighted by Gasteiger charge is -2.13. The number of hydrogen-bond donors (Lipinski definition) is 3. The fraction of sp³-hybridized carbons (Fsp3) is 0.115. The predicted molar refractivity (Wildman–Crippen MR) is 137 cm³/mol. The van der Waals surface area contributed by atoms with E-state index in [-0.39, 0.29) is 29.7 Å². The monoisotopic (exact) mass is 490 g/mol. The first-order valence-corrected chi connectivity index (χ1v) is 10.3. The number of carboxylic acid groups (broad SMARTS) is 1. The van der Waals surface area contributed by atoms with Crippen molar-refractivity contribution in [2.45, 2.75) is 6.42 Å². The second-order valence-corrected chi connectivity index (χ2v) is 7.46. The van der Waals surface area contributed by atoms with Gasteiger partial charge in [-0.05, 0) is 34.5 Å². The molecule has 35 heavy (non-hydrogen) atoms. The molecule has 4 aromatic rings. The van der Waals surface area contributed by atoms with Crippen molar-refractivity contribution in [1.29, 1.82) is 0 Å². The number of aromatic carboxylic acids is 1. The number of anilines is 2. The summed E-state index contributed by atoms with van der Waals surface area (Å²) in [5.74, 6) is 6.41. The van der Waals surface area contributed by atoms with Crippen molar-refractivity contribution in [1.82, 2.24) is 9.97 Å². The highest BCUT2D eigenvalue weighted by molar-refractivity contribution is 6.00. The Kier molecular flexibility index (Phi) is 7.64. The van der Waals surface area contributed by atoms with E-state index in [0.29, 0.717) is 34.6 Å². The van der Waals surface area contributed by atoms with E-state index in [4.69, 9.17) is 20.9 Å². The van der Waals surface area contributed by atoms with Gasteiger partial charge in [0.1, 0.15) is 5.82 Å². The van der Waals surface area contributed by atoms with E-state index in [1.807, 2.05) is 36.4 Å². The average molecular weight is 491 g/mol. The third kappa shape index (κ3) is 5.21. The Morgan fingerprint density at radius 2 is 1.83 bits per heavy atom. The maximum Gasteiger partial charge on any atom is 0.336 e. The average Bonchev–Trinajstić information content (AvgIpc) is 2.83. The van der Waals surface area contributed by atoms with Crippen LogP contribution in [0.4, 0.5) is 11.8 Å². The first kappa shape index (κ1) is 25.1. The van der Waals surface area contributed by atoms with Crippen LogP contribution in [0.2, 0.25) is 0 Å². The van der Waals surface area contributed by atoms with Crippen LogP contribution in [0, 0.1) is 11.8 Å². The van der Waals surface area contributed by atoms with E-state index in [2.05, 4.69) is 21.8 Å². The fourth-order valence-electron chi connectivity index (χ4n) is 3.72. The molecule has 0 radical (unpaired) electrons. The zero-order chi connectivity index (χ0) is 24.2. The van der Waals surface area contributed by atoms with Crippen LogP contribution < -0.4 is 20.9 Å². The third-order valence-electron chi connectivity index (χ3n) is 5.33. The van der Waals surface area contributed by atoms with Crippen LogP contribution in [-0.4, -0.2) is 35.3 Å². The summed E-state index contributed by atoms with van der Waals surface area (Å²) in [4.78, 5) is 19.9. The van der Waals surface area contributed by atoms with Crippen LogP contribution in [0.25, 0.3) is 10.8 Å². The summed E-state index contributed by atoms with van der Waals surface area (Å²) in [5, 5.41) is 11.4. The molecule has 0 spiro atoms. The summed E-state index contributed by atoms with van der Waals surface area (Å²) in [6, 6.07) is 14.5. The van der Waals surface area contributed by atoms with Gasteiger partial charge < -0.3 is 26.0 Å². The van der Waals surface area contributed by atoms with E-state index in [9.17, 15) is 9.90 Å². The molecule has 8 nitrogen and oxygen atoms in total. The number of nitrogens with two attached hydrogens (primary N) is 2. The van der Waals surface area contributed by atoms with Gasteiger partial charge in [0.2, 0.25) is 5.95 Å². The van der Waals surface area contributed by atoms with Gasteiger partial charge in [-0.25, -0.2) is 9.78 Å². The van der Waals surface area contributed by atoms with Crippen molar-refractivity contribution in [2.75, 3.05) is 25.7 Å². The summed E-state index contributed by atoms with van der Waals surface area (Å²) in [6.07, 6.45) is 1.99. The van der Waals surface area contributed by atoms with Crippen LogP contribution in [-0.2, 0) is 6.42 Å². The molecule has 1 heterocycles. The molecule has 0 bridgehead atoms. The number of halogens is 1. The minimum Gasteiger partial charge on any atom is -0.493 e. The fourth-order valence-corrected chi connectivity index (χ4v) is 3.72. The van der Waals surface area contributed by atoms with Gasteiger partial charge in [-0.1, -0.05) is 42.2 Å². The van der Waals surface area contributed by atoms with Gasteiger partial charge in [-0.15, -0.1) is 12.4 Å². The van der Waals surface area contributed by atoms with E-state index in [1.165, 1.54) is 14.2 Å². The molecule has 0 saturated carbocycles. The molecule has 0 aliphatic rings. The normalized spacial score (nSPS) is 10.1. The molecule has 0 saturated heterocycles. The van der Waals surface area contributed by atoms with Gasteiger partial charge in [0, 0.05) is 23.7 Å². The molecule has 178 valence electrons. The molecule has 4 rings (SSSR count). The first-order chi connectivity index (χ1) is 16.4. The highest BCUT2D eigenvalue weighted by atomic mass is 35.5. The second-order valence-electron chi connectivity index (χ2n) is 7.46. The maximum atomic E-state index is 11.9. The zero-order valence-corrected chi connectivity index (χ0v) is 19.8. The topological polar surface area (TPSA) is 134 Å². The largest absolute Gasteiger partial charge is 0.493 e. The molecular formula is C26H23ClN4O4. The molecule has 5 N–H and O–H groups in total. The number of methoxy groups -OCH3 is 2. The molecule has 0 amide bonds. The Bertz CT molecular complexity index is 1480. The van der Waals surface area contributed by atoms with E-state index >= 15 is 0 Å². The number of ether oxygens (including phenoxy) is 2. The molecule has 0 fully saturated rings. The summed E-state index contributed by atoms with van der Waals surface area (Å²) in [6.45, 7) is 0. The van der Waals surface area contributed by atoms with E-state index in [0.717, 1.165) is 16.3 Å². The molecule has 0 aliphatic heterocycles. The minimum atomic E-state index is -1.05. The van der Waals surface area contributed by atoms with Gasteiger partial charge in [0.05, 0.1) is 25.3 Å². The van der Waals surface area contributed by atoms with E-state index < -0.39 is 5.97 Å². The lowest BCUT2D eigenvalue weighted by atomic mass is 9.98. The number of carbonyl (C=O) groups is 1. The zero-order valence-electron chi connectivity index (χ0n) is 19.0. The minimum absolute atomic E-state index is 0. The number of rotatable bonds is 5. The Balaban J connectivity index is 0.00000342. The molecule has 9 heteroatoms. The summed E-state index contributed by atoms with van der Waals surface area (Å²) in [5.41, 5.74) is 14.2. The van der Waals surface area contributed by atoms with Crippen LogP contribution in [0.1, 0.15) is 32.6 Å². The number of fused-ring (bicyclic) bond motifs is 1. The lowest BCUT2D eigenvalue weighted by Crippen LogP contribution is -2.04. The summed E-state index contributed by atoms with van der Waals surface area (Å²) < 4.78 is 11.1. The van der Waals surface area contributed by atoms with E-state index in [1.54, 1.807) is 18.3 Å². The van der Waals surface area contributed by atoms with Crippen LogP contribution in [0.15, 0.2) is 54.7 Å². The van der Waals surface area contributed by atoms with Crippen molar-refractivity contribution in [2.24, 2.45) is 0 Å². The van der Waals surface area contributed by atoms with Crippen molar-refractivity contribution < 1.29 is 19.4 Å². The molecule has 3 aromatic carbocycles. The molecule has 0 unspecified atom stereocenters. The summed E-state index contributed by atoms with van der Waals surface area (Å²) in [7, 11) is 3.06. The van der Waals surface area contributed by atoms with Crippen molar-refractivity contribution >= 4 is 40.9 Å².